The van der Waals surface area contributed by atoms with E-state index in [-0.39, 0.29) is 121 Å². The molecule has 6 aliphatic rings. The summed E-state index contributed by atoms with van der Waals surface area (Å²) in [6.45, 7) is 7.47. The van der Waals surface area contributed by atoms with Gasteiger partial charge in [-0.25, -0.2) is 14.8 Å². The highest BCUT2D eigenvalue weighted by molar-refractivity contribution is 6.09. The summed E-state index contributed by atoms with van der Waals surface area (Å²) >= 11 is 0. The van der Waals surface area contributed by atoms with E-state index >= 15 is 9.59 Å². The molecule has 25 nitrogen and oxygen atoms in total. The number of likely N-dealkylation sites (tertiary alicyclic amines) is 4. The fourth-order valence-corrected chi connectivity index (χ4v) is 10.9. The van der Waals surface area contributed by atoms with E-state index in [1.165, 1.54) is 62.1 Å². The molecule has 5 aliphatic heterocycles. The van der Waals surface area contributed by atoms with Gasteiger partial charge in [0.25, 0.3) is 5.91 Å². The molecule has 8 atom stereocenters. The predicted molar refractivity (Wildman–Crippen MR) is 284 cm³/mol. The molecule has 13 N–H and O–H groups in total. The molecule has 0 spiro atoms. The number of hydrogen-bond donors (Lipinski definition) is 8. The Balaban J connectivity index is 1.05. The number of ether oxygens (including phenoxy) is 2. The lowest BCUT2D eigenvalue weighted by molar-refractivity contribution is -0.152. The highest BCUT2D eigenvalue weighted by Crippen LogP contribution is 2.42. The SMILES string of the molecule is CC(C)CO[C@@H]1C[C@@H](C(=O)N2C[C@H](N=C(N)N)C[C@H]2C(=O)N2C[C@H](N=C(N)N)C[C@H]2C(=O)N2C[C@H](OCC(C)C)C[C@H]2C(N)=O)N(C(=O)CNC(=O)c2ccc(-c3c4ccc(=O)cc-4oc4cc(O)ccc34)c(C(=O)O)c2)C1. The molecule has 8 rings (SSSR count). The quantitative estimate of drug-likeness (QED) is 0.0390. The first-order valence-corrected chi connectivity index (χ1v) is 25.7. The summed E-state index contributed by atoms with van der Waals surface area (Å²) in [6, 6.07) is 5.99. The minimum Gasteiger partial charge on any atom is -0.508 e. The van der Waals surface area contributed by atoms with Crippen LogP contribution in [-0.2, 0) is 33.4 Å². The molecule has 0 radical (unpaired) electrons. The van der Waals surface area contributed by atoms with Gasteiger partial charge in [-0.2, -0.15) is 0 Å². The summed E-state index contributed by atoms with van der Waals surface area (Å²) in [4.78, 5) is 125. The fraction of sp³-hybridized carbons (Fsp3) is 0.472. The number of carboxylic acids is 1. The lowest BCUT2D eigenvalue weighted by Gasteiger charge is -2.35. The number of phenolic OH excluding ortho intramolecular Hbond substituents is 1. The minimum absolute atomic E-state index is 0.00578. The van der Waals surface area contributed by atoms with Crippen LogP contribution in [0.2, 0.25) is 0 Å². The van der Waals surface area contributed by atoms with Crippen LogP contribution in [0.25, 0.3) is 33.4 Å². The number of fused-ring (bicyclic) bond motifs is 2. The summed E-state index contributed by atoms with van der Waals surface area (Å²) in [7, 11) is 0. The molecule has 0 saturated carbocycles. The maximum atomic E-state index is 15.1. The Bertz CT molecular complexity index is 3100. The Labute approximate surface area is 448 Å². The number of phenols is 1. The van der Waals surface area contributed by atoms with Crippen molar-refractivity contribution in [3.63, 3.8) is 0 Å². The predicted octanol–water partition coefficient (Wildman–Crippen LogP) is -0.0463. The topological polar surface area (TPSA) is 388 Å². The number of rotatable bonds is 17. The molecule has 0 bridgehead atoms. The molecule has 78 heavy (non-hydrogen) atoms. The minimum atomic E-state index is -1.40. The Morgan fingerprint density at radius 1 is 0.667 bits per heavy atom. The molecule has 2 aromatic rings. The summed E-state index contributed by atoms with van der Waals surface area (Å²) in [6.07, 6.45) is -1.09. The average molecular weight is 1080 g/mol. The van der Waals surface area contributed by atoms with Gasteiger partial charge in [0.1, 0.15) is 41.3 Å². The van der Waals surface area contributed by atoms with Gasteiger partial charge in [0.05, 0.1) is 36.4 Å². The summed E-state index contributed by atoms with van der Waals surface area (Å²) < 4.78 is 18.1. The number of aromatic carboxylic acids is 1. The molecule has 5 heterocycles. The van der Waals surface area contributed by atoms with Crippen LogP contribution >= 0.6 is 0 Å². The van der Waals surface area contributed by atoms with Crippen molar-refractivity contribution in [3.8, 4) is 28.2 Å². The van der Waals surface area contributed by atoms with Crippen molar-refractivity contribution in [2.45, 2.75) is 102 Å². The molecule has 2 aromatic carbocycles. The number of nitrogens with one attached hydrogen (secondary N) is 1. The van der Waals surface area contributed by atoms with Crippen molar-refractivity contribution in [1.29, 1.82) is 0 Å². The van der Waals surface area contributed by atoms with Crippen molar-refractivity contribution in [2.75, 3.05) is 45.9 Å². The number of primary amides is 1. The third kappa shape index (κ3) is 12.1. The Morgan fingerprint density at radius 2 is 1.19 bits per heavy atom. The van der Waals surface area contributed by atoms with Crippen LogP contribution < -0.4 is 39.4 Å². The number of aromatic hydroxyl groups is 1. The highest BCUT2D eigenvalue weighted by Gasteiger charge is 2.52. The molecular formula is C53H66N12O13. The first kappa shape index (κ1) is 55.9. The van der Waals surface area contributed by atoms with Crippen LogP contribution in [0.1, 0.15) is 74.1 Å². The van der Waals surface area contributed by atoms with Gasteiger partial charge in [0, 0.05) is 99.3 Å². The lowest BCUT2D eigenvalue weighted by atomic mass is 9.90. The molecule has 0 unspecified atom stereocenters. The van der Waals surface area contributed by atoms with E-state index in [2.05, 4.69) is 15.3 Å². The smallest absolute Gasteiger partial charge is 0.336 e. The number of carbonyl (C=O) groups is 7. The van der Waals surface area contributed by atoms with Gasteiger partial charge in [-0.05, 0) is 53.8 Å². The first-order chi connectivity index (χ1) is 37.0. The Kier molecular flexibility index (Phi) is 16.6. The van der Waals surface area contributed by atoms with Crippen molar-refractivity contribution < 1.29 is 57.7 Å². The summed E-state index contributed by atoms with van der Waals surface area (Å²) in [5.74, 6) is -5.89. The van der Waals surface area contributed by atoms with Crippen LogP contribution in [0.4, 0.5) is 0 Å². The maximum absolute atomic E-state index is 15.1. The molecule has 416 valence electrons. The molecule has 1 aliphatic carbocycles. The van der Waals surface area contributed by atoms with Gasteiger partial charge in [0.2, 0.25) is 29.5 Å². The normalized spacial score (nSPS) is 23.1. The molecule has 4 fully saturated rings. The van der Waals surface area contributed by atoms with E-state index in [0.717, 1.165) is 6.07 Å². The van der Waals surface area contributed by atoms with E-state index in [0.29, 0.717) is 23.1 Å². The molecular weight excluding hydrogens is 1010 g/mol. The molecule has 25 heteroatoms. The van der Waals surface area contributed by atoms with Crippen molar-refractivity contribution >= 4 is 64.3 Å². The summed E-state index contributed by atoms with van der Waals surface area (Å²) in [5.41, 5.74) is 29.3. The molecule has 6 amide bonds. The van der Waals surface area contributed by atoms with Crippen molar-refractivity contribution in [1.82, 2.24) is 24.9 Å². The lowest BCUT2D eigenvalue weighted by Crippen LogP contribution is -2.57. The summed E-state index contributed by atoms with van der Waals surface area (Å²) in [5, 5.41) is 23.7. The van der Waals surface area contributed by atoms with E-state index < -0.39 is 96.4 Å². The molecule has 4 saturated heterocycles. The second-order valence-corrected chi connectivity index (χ2v) is 21.1. The number of carboxylic acid groups (broad SMARTS) is 1. The third-order valence-corrected chi connectivity index (χ3v) is 14.3. The number of amides is 6. The van der Waals surface area contributed by atoms with Crippen LogP contribution in [-0.4, -0.2) is 178 Å². The fourth-order valence-electron chi connectivity index (χ4n) is 10.9. The van der Waals surface area contributed by atoms with Gasteiger partial charge < -0.3 is 77.7 Å². The van der Waals surface area contributed by atoms with Gasteiger partial charge in [-0.3, -0.25) is 33.6 Å². The van der Waals surface area contributed by atoms with Crippen LogP contribution in [0, 0.1) is 11.8 Å². The number of guanidine groups is 2. The van der Waals surface area contributed by atoms with Gasteiger partial charge in [-0.15, -0.1) is 0 Å². The van der Waals surface area contributed by atoms with E-state index in [1.54, 1.807) is 6.07 Å². The zero-order chi connectivity index (χ0) is 56.4. The zero-order valence-electron chi connectivity index (χ0n) is 43.7. The Morgan fingerprint density at radius 3 is 1.73 bits per heavy atom. The number of benzene rings is 3. The zero-order valence-corrected chi connectivity index (χ0v) is 43.7. The van der Waals surface area contributed by atoms with E-state index in [9.17, 15) is 39.0 Å². The van der Waals surface area contributed by atoms with E-state index in [1.807, 2.05) is 27.7 Å². The van der Waals surface area contributed by atoms with Gasteiger partial charge >= 0.3 is 5.97 Å². The third-order valence-electron chi connectivity index (χ3n) is 14.3. The number of nitrogens with zero attached hydrogens (tertiary/aromatic N) is 6. The van der Waals surface area contributed by atoms with Crippen LogP contribution in [0.5, 0.6) is 5.75 Å². The second-order valence-electron chi connectivity index (χ2n) is 21.1. The number of hydrogen-bond acceptors (Lipinski definition) is 14. The number of aliphatic imine (C=N–C) groups is 2. The van der Waals surface area contributed by atoms with Gasteiger partial charge in [-0.1, -0.05) is 33.8 Å². The second kappa shape index (κ2) is 23.1. The van der Waals surface area contributed by atoms with E-state index in [4.69, 9.17) is 42.6 Å². The maximum Gasteiger partial charge on any atom is 0.336 e. The Hall–Kier alpha value is -8.32. The number of nitrogens with two attached hydrogens (primary N) is 5. The first-order valence-electron chi connectivity index (χ1n) is 25.7. The monoisotopic (exact) mass is 1080 g/mol. The van der Waals surface area contributed by atoms with Gasteiger partial charge in [0.15, 0.2) is 17.3 Å². The number of carbonyl (C=O) groups excluding carboxylic acids is 6. The van der Waals surface area contributed by atoms with Crippen molar-refractivity contribution in [3.05, 3.63) is 75.9 Å². The van der Waals surface area contributed by atoms with Crippen LogP contribution in [0.3, 0.4) is 0 Å². The highest BCUT2D eigenvalue weighted by atomic mass is 16.5. The van der Waals surface area contributed by atoms with Crippen LogP contribution in [0.15, 0.2) is 73.8 Å². The largest absolute Gasteiger partial charge is 0.508 e. The van der Waals surface area contributed by atoms with Crippen molar-refractivity contribution in [2.24, 2.45) is 50.5 Å². The molecule has 0 aromatic heterocycles. The standard InChI is InChI=1S/C53H66N12O13/c1-25(2)23-76-32-16-38(46(54)69)65(22-32)49(72)40-13-29(61-53(57)58)19-63(40)48(71)39-12-28(60-52(55)56)20-64(39)50(73)41-17-33(77-24-26(3)4)21-62(41)44(68)18-59-47(70)27-5-8-34(37(11-27)51(74)75)45-35-9-6-30(66)14-42(35)78-43-15-31(67)7-10-36(43)45/h5-11,14-15,25-26,28-29,32-33,38-41,66H,12-13,16-24H2,1-4H3,(H2,54,69)(H,59,70)(H,74,75)(H4,55,56,60)(H4,57,58,61)/t28-,29-,32-,33-,38+,39+,40+,41+/m1/s1. The average Bonchev–Trinajstić information content (AvgIpc) is 4.24.